The van der Waals surface area contributed by atoms with E-state index in [9.17, 15) is 18.3 Å². The highest BCUT2D eigenvalue weighted by molar-refractivity contribution is 7.91. The summed E-state index contributed by atoms with van der Waals surface area (Å²) in [7, 11) is -2.95. The van der Waals surface area contributed by atoms with Crippen LogP contribution in [0.4, 0.5) is 0 Å². The van der Waals surface area contributed by atoms with Crippen LogP contribution in [0.3, 0.4) is 0 Å². The van der Waals surface area contributed by atoms with Crippen molar-refractivity contribution in [2.75, 3.05) is 31.2 Å². The molecular formula is C6H10NO4S. The molecule has 6 heteroatoms. The van der Waals surface area contributed by atoms with Gasteiger partial charge in [0.2, 0.25) is 0 Å². The van der Waals surface area contributed by atoms with Crippen LogP contribution in [0, 0.1) is 0 Å². The Morgan fingerprint density at radius 3 is 2.17 bits per heavy atom. The summed E-state index contributed by atoms with van der Waals surface area (Å²) in [4.78, 5) is 12.1. The molecule has 1 rings (SSSR count). The molecule has 0 aromatic rings. The van der Waals surface area contributed by atoms with E-state index in [4.69, 9.17) is 0 Å². The quantitative estimate of drug-likeness (QED) is 0.517. The van der Waals surface area contributed by atoms with E-state index in [0.717, 1.165) is 0 Å². The van der Waals surface area contributed by atoms with Gasteiger partial charge in [0.25, 0.3) is 5.91 Å². The zero-order valence-electron chi connectivity index (χ0n) is 6.52. The third-order valence-electron chi connectivity index (χ3n) is 1.82. The Morgan fingerprint density at radius 1 is 1.25 bits per heavy atom. The fourth-order valence-electron chi connectivity index (χ4n) is 1.05. The summed E-state index contributed by atoms with van der Waals surface area (Å²) in [6.45, 7) is -0.452. The molecule has 1 saturated heterocycles. The number of amides is 1. The minimum absolute atomic E-state index is 0.0151. The molecule has 0 aromatic heterocycles. The number of sulfone groups is 1. The topological polar surface area (TPSA) is 74.3 Å². The van der Waals surface area contributed by atoms with Crippen molar-refractivity contribution in [1.82, 2.24) is 4.90 Å². The van der Waals surface area contributed by atoms with Gasteiger partial charge in [-0.05, 0) is 0 Å². The van der Waals surface area contributed by atoms with Gasteiger partial charge in [0, 0.05) is 13.1 Å². The first-order valence-electron chi connectivity index (χ1n) is 3.61. The van der Waals surface area contributed by atoms with Gasteiger partial charge in [-0.25, -0.2) is 13.5 Å². The first-order chi connectivity index (χ1) is 5.55. The summed E-state index contributed by atoms with van der Waals surface area (Å²) in [5.41, 5.74) is 0. The van der Waals surface area contributed by atoms with E-state index in [1.54, 1.807) is 0 Å². The van der Waals surface area contributed by atoms with Crippen LogP contribution in [0.1, 0.15) is 0 Å². The summed E-state index contributed by atoms with van der Waals surface area (Å²) >= 11 is 0. The lowest BCUT2D eigenvalue weighted by Crippen LogP contribution is -2.44. The third kappa shape index (κ3) is 2.18. The largest absolute Gasteiger partial charge is 0.339 e. The highest BCUT2D eigenvalue weighted by Crippen LogP contribution is 2.03. The monoisotopic (exact) mass is 192 g/mol. The van der Waals surface area contributed by atoms with Gasteiger partial charge in [0.1, 0.15) is 0 Å². The molecule has 0 bridgehead atoms. The summed E-state index contributed by atoms with van der Waals surface area (Å²) in [5.74, 6) is -0.540. The summed E-state index contributed by atoms with van der Waals surface area (Å²) < 4.78 is 21.8. The normalized spacial score (nSPS) is 22.2. The number of hydrogen-bond acceptors (Lipinski definition) is 3. The second-order valence-corrected chi connectivity index (χ2v) is 4.98. The Bertz CT molecular complexity index is 257. The molecule has 1 fully saturated rings. The van der Waals surface area contributed by atoms with Gasteiger partial charge in [0.05, 0.1) is 11.5 Å². The number of rotatable bonds is 1. The van der Waals surface area contributed by atoms with Gasteiger partial charge in [-0.2, -0.15) is 0 Å². The molecule has 0 aliphatic carbocycles. The van der Waals surface area contributed by atoms with Crippen molar-refractivity contribution in [1.29, 1.82) is 0 Å². The molecule has 0 saturated carbocycles. The number of hydrogen-bond donors (Lipinski definition) is 0. The maximum atomic E-state index is 10.9. The highest BCUT2D eigenvalue weighted by atomic mass is 32.2. The highest BCUT2D eigenvalue weighted by Gasteiger charge is 2.24. The average molecular weight is 192 g/mol. The van der Waals surface area contributed by atoms with Crippen molar-refractivity contribution >= 4 is 15.7 Å². The van der Waals surface area contributed by atoms with Crippen molar-refractivity contribution in [3.63, 3.8) is 0 Å². The van der Waals surface area contributed by atoms with Gasteiger partial charge in [-0.3, -0.25) is 4.79 Å². The van der Waals surface area contributed by atoms with Crippen LogP contribution in [0.5, 0.6) is 0 Å². The van der Waals surface area contributed by atoms with Crippen LogP contribution in [-0.4, -0.2) is 50.4 Å². The Labute approximate surface area is 70.9 Å². The molecule has 1 radical (unpaired) electrons. The first kappa shape index (κ1) is 9.47. The van der Waals surface area contributed by atoms with Crippen molar-refractivity contribution in [3.05, 3.63) is 0 Å². The molecule has 5 nitrogen and oxygen atoms in total. The Morgan fingerprint density at radius 2 is 1.75 bits per heavy atom. The van der Waals surface area contributed by atoms with Gasteiger partial charge in [-0.15, -0.1) is 0 Å². The molecule has 0 spiro atoms. The van der Waals surface area contributed by atoms with Crippen LogP contribution in [-0.2, 0) is 19.7 Å². The van der Waals surface area contributed by atoms with E-state index in [0.29, 0.717) is 0 Å². The summed E-state index contributed by atoms with van der Waals surface area (Å²) in [5, 5.41) is 10.1. The van der Waals surface area contributed by atoms with Crippen LogP contribution in [0.25, 0.3) is 0 Å². The Hall–Kier alpha value is -0.620. The van der Waals surface area contributed by atoms with Crippen molar-refractivity contribution in [2.24, 2.45) is 0 Å². The van der Waals surface area contributed by atoms with Crippen LogP contribution < -0.4 is 0 Å². The van der Waals surface area contributed by atoms with E-state index in [1.807, 2.05) is 0 Å². The SMILES string of the molecule is [O]CC(=O)N1CCS(=O)(=O)CC1. The second kappa shape index (κ2) is 3.40. The molecule has 0 N–H and O–H groups in total. The van der Waals surface area contributed by atoms with E-state index in [1.165, 1.54) is 4.90 Å². The summed E-state index contributed by atoms with van der Waals surface area (Å²) in [6, 6.07) is 0. The Kier molecular flexibility index (Phi) is 2.69. The second-order valence-electron chi connectivity index (χ2n) is 2.68. The molecule has 1 aliphatic heterocycles. The maximum Gasteiger partial charge on any atom is 0.251 e. The molecule has 1 amide bonds. The first-order valence-corrected chi connectivity index (χ1v) is 5.43. The van der Waals surface area contributed by atoms with Crippen LogP contribution >= 0.6 is 0 Å². The van der Waals surface area contributed by atoms with Gasteiger partial charge in [-0.1, -0.05) is 0 Å². The molecule has 0 unspecified atom stereocenters. The summed E-state index contributed by atoms with van der Waals surface area (Å²) in [6.07, 6.45) is 0. The number of carbonyl (C=O) groups excluding carboxylic acids is 1. The minimum atomic E-state index is -2.95. The number of carbonyl (C=O) groups is 1. The van der Waals surface area contributed by atoms with Crippen molar-refractivity contribution in [3.8, 4) is 0 Å². The lowest BCUT2D eigenvalue weighted by Gasteiger charge is -2.25. The van der Waals surface area contributed by atoms with Crippen molar-refractivity contribution < 1.29 is 18.3 Å². The molecule has 1 heterocycles. The van der Waals surface area contributed by atoms with E-state index in [2.05, 4.69) is 0 Å². The molecular weight excluding hydrogens is 182 g/mol. The molecule has 69 valence electrons. The smallest absolute Gasteiger partial charge is 0.251 e. The predicted octanol–water partition coefficient (Wildman–Crippen LogP) is -1.33. The van der Waals surface area contributed by atoms with E-state index in [-0.39, 0.29) is 24.6 Å². The Balaban J connectivity index is 2.52. The maximum absolute atomic E-state index is 10.9. The van der Waals surface area contributed by atoms with Gasteiger partial charge in [0.15, 0.2) is 16.4 Å². The third-order valence-corrected chi connectivity index (χ3v) is 3.43. The fraction of sp³-hybridized carbons (Fsp3) is 0.833. The predicted molar refractivity (Wildman–Crippen MR) is 40.8 cm³/mol. The molecule has 12 heavy (non-hydrogen) atoms. The molecule has 0 atom stereocenters. The lowest BCUT2D eigenvalue weighted by atomic mass is 10.4. The standard InChI is InChI=1S/C6H10NO4S/c8-5-6(9)7-1-3-12(10,11)4-2-7/h1-5H2. The van der Waals surface area contributed by atoms with Crippen molar-refractivity contribution in [2.45, 2.75) is 0 Å². The zero-order chi connectivity index (χ0) is 9.19. The van der Waals surface area contributed by atoms with Crippen LogP contribution in [0.2, 0.25) is 0 Å². The number of nitrogens with zero attached hydrogens (tertiary/aromatic N) is 1. The fourth-order valence-corrected chi connectivity index (χ4v) is 2.25. The van der Waals surface area contributed by atoms with Gasteiger partial charge < -0.3 is 4.90 Å². The molecule has 1 aliphatic rings. The van der Waals surface area contributed by atoms with E-state index < -0.39 is 22.4 Å². The van der Waals surface area contributed by atoms with E-state index >= 15 is 0 Å². The lowest BCUT2D eigenvalue weighted by molar-refractivity contribution is -0.135. The minimum Gasteiger partial charge on any atom is -0.339 e. The van der Waals surface area contributed by atoms with Gasteiger partial charge >= 0.3 is 0 Å². The molecule has 0 aromatic carbocycles. The van der Waals surface area contributed by atoms with Crippen LogP contribution in [0.15, 0.2) is 0 Å². The average Bonchev–Trinajstić information content (AvgIpc) is 2.03. The zero-order valence-corrected chi connectivity index (χ0v) is 7.34.